The van der Waals surface area contributed by atoms with Crippen molar-refractivity contribution in [1.82, 2.24) is 9.88 Å². The zero-order valence-corrected chi connectivity index (χ0v) is 19.7. The highest BCUT2D eigenvalue weighted by molar-refractivity contribution is 6.09. The van der Waals surface area contributed by atoms with Gasteiger partial charge < -0.3 is 19.7 Å². The summed E-state index contributed by atoms with van der Waals surface area (Å²) in [6.07, 6.45) is 2.40. The zero-order chi connectivity index (χ0) is 25.2. The Morgan fingerprint density at radius 1 is 1.08 bits per heavy atom. The maximum atomic E-state index is 13.7. The number of aromatic amines is 1. The van der Waals surface area contributed by atoms with Crippen molar-refractivity contribution in [1.29, 1.82) is 0 Å². The number of halogens is 1. The van der Waals surface area contributed by atoms with Crippen molar-refractivity contribution in [3.05, 3.63) is 113 Å². The largest absolute Gasteiger partial charge is 0.503 e. The van der Waals surface area contributed by atoms with Crippen molar-refractivity contribution in [3.63, 3.8) is 0 Å². The summed E-state index contributed by atoms with van der Waals surface area (Å²) in [6.45, 7) is 0.247. The molecule has 1 atom stereocenters. The van der Waals surface area contributed by atoms with Crippen LogP contribution in [0, 0.1) is 5.82 Å². The second-order valence-corrected chi connectivity index (χ2v) is 8.78. The van der Waals surface area contributed by atoms with Crippen LogP contribution >= 0.6 is 0 Å². The Balaban J connectivity index is 1.47. The number of aliphatic hydroxyl groups is 1. The fourth-order valence-corrected chi connectivity index (χ4v) is 4.77. The molecule has 1 aliphatic rings. The molecule has 0 bridgehead atoms. The summed E-state index contributed by atoms with van der Waals surface area (Å²) in [5.41, 5.74) is 3.28. The van der Waals surface area contributed by atoms with Gasteiger partial charge in [0.25, 0.3) is 5.91 Å². The van der Waals surface area contributed by atoms with Crippen molar-refractivity contribution in [2.45, 2.75) is 18.9 Å². The molecule has 0 aliphatic carbocycles. The number of methoxy groups -OCH3 is 1. The highest BCUT2D eigenvalue weighted by atomic mass is 19.1. The Morgan fingerprint density at radius 3 is 2.56 bits per heavy atom. The van der Waals surface area contributed by atoms with E-state index < -0.39 is 23.5 Å². The number of benzene rings is 3. The van der Waals surface area contributed by atoms with Crippen LogP contribution in [-0.4, -0.2) is 40.3 Å². The van der Waals surface area contributed by atoms with E-state index in [9.17, 15) is 19.1 Å². The Kier molecular flexibility index (Phi) is 6.29. The number of carbonyl (C=O) groups is 2. The highest BCUT2D eigenvalue weighted by Crippen LogP contribution is 2.38. The Labute approximate surface area is 207 Å². The van der Waals surface area contributed by atoms with E-state index in [0.717, 1.165) is 27.8 Å². The third-order valence-corrected chi connectivity index (χ3v) is 6.59. The Hall–Kier alpha value is -4.39. The molecule has 2 heterocycles. The summed E-state index contributed by atoms with van der Waals surface area (Å²) in [4.78, 5) is 31.3. The van der Waals surface area contributed by atoms with Gasteiger partial charge in [-0.25, -0.2) is 4.39 Å². The number of nitrogens with zero attached hydrogens (tertiary/aromatic N) is 1. The van der Waals surface area contributed by atoms with Gasteiger partial charge >= 0.3 is 0 Å². The number of ether oxygens (including phenoxy) is 1. The number of amides is 1. The number of nitrogens with one attached hydrogen (secondary N) is 1. The predicted octanol–water partition coefficient (Wildman–Crippen LogP) is 5.07. The third-order valence-electron chi connectivity index (χ3n) is 6.59. The molecule has 0 saturated carbocycles. The molecule has 3 aromatic carbocycles. The molecule has 1 amide bonds. The van der Waals surface area contributed by atoms with Crippen LogP contribution in [0.15, 0.2) is 90.3 Å². The van der Waals surface area contributed by atoms with E-state index in [1.165, 1.54) is 17.0 Å². The number of carbonyl (C=O) groups excluding carboxylic acids is 2. The lowest BCUT2D eigenvalue weighted by Gasteiger charge is -2.27. The van der Waals surface area contributed by atoms with Crippen LogP contribution < -0.4 is 4.74 Å². The number of hydrogen-bond acceptors (Lipinski definition) is 4. The second-order valence-electron chi connectivity index (χ2n) is 8.78. The number of rotatable bonds is 8. The molecule has 1 aliphatic heterocycles. The minimum absolute atomic E-state index is 0.0380. The lowest BCUT2D eigenvalue weighted by atomic mass is 9.93. The summed E-state index contributed by atoms with van der Waals surface area (Å²) < 4.78 is 19.0. The van der Waals surface area contributed by atoms with Crippen LogP contribution in [0.2, 0.25) is 0 Å². The molecule has 7 heteroatoms. The van der Waals surface area contributed by atoms with Crippen LogP contribution in [0.25, 0.3) is 10.9 Å². The summed E-state index contributed by atoms with van der Waals surface area (Å²) in [7, 11) is 1.60. The van der Waals surface area contributed by atoms with Gasteiger partial charge in [-0.15, -0.1) is 0 Å². The van der Waals surface area contributed by atoms with Crippen LogP contribution in [0.1, 0.15) is 22.7 Å². The molecule has 0 unspecified atom stereocenters. The Morgan fingerprint density at radius 2 is 1.83 bits per heavy atom. The molecule has 2 N–H and O–H groups in total. The maximum absolute atomic E-state index is 13.7. The molecule has 6 nitrogen and oxygen atoms in total. The number of aromatic nitrogens is 1. The molecular formula is C29H25FN2O4. The van der Waals surface area contributed by atoms with Gasteiger partial charge in [0, 0.05) is 30.1 Å². The van der Waals surface area contributed by atoms with Crippen molar-refractivity contribution < 1.29 is 23.8 Å². The van der Waals surface area contributed by atoms with E-state index >= 15 is 0 Å². The fraction of sp³-hybridized carbons (Fsp3) is 0.172. The Bertz CT molecular complexity index is 1460. The van der Waals surface area contributed by atoms with E-state index in [1.54, 1.807) is 19.2 Å². The lowest BCUT2D eigenvalue weighted by molar-refractivity contribution is -0.129. The molecule has 0 spiro atoms. The van der Waals surface area contributed by atoms with Crippen LogP contribution in [-0.2, 0) is 22.4 Å². The molecule has 5 rings (SSSR count). The average molecular weight is 485 g/mol. The first-order valence-corrected chi connectivity index (χ1v) is 11.7. The summed E-state index contributed by atoms with van der Waals surface area (Å²) >= 11 is 0. The first-order chi connectivity index (χ1) is 17.5. The van der Waals surface area contributed by atoms with Gasteiger partial charge in [-0.3, -0.25) is 9.59 Å². The molecule has 0 fully saturated rings. The quantitative estimate of drug-likeness (QED) is 0.366. The fourth-order valence-electron chi connectivity index (χ4n) is 4.77. The maximum Gasteiger partial charge on any atom is 0.290 e. The van der Waals surface area contributed by atoms with Gasteiger partial charge in [0.05, 0.1) is 18.7 Å². The molecule has 36 heavy (non-hydrogen) atoms. The van der Waals surface area contributed by atoms with Gasteiger partial charge in [-0.2, -0.15) is 0 Å². The number of hydrogen-bond donors (Lipinski definition) is 2. The van der Waals surface area contributed by atoms with Crippen LogP contribution in [0.4, 0.5) is 4.39 Å². The minimum atomic E-state index is -0.811. The first-order valence-electron chi connectivity index (χ1n) is 11.7. The van der Waals surface area contributed by atoms with Crippen molar-refractivity contribution in [2.24, 2.45) is 0 Å². The van der Waals surface area contributed by atoms with Crippen molar-refractivity contribution in [3.8, 4) is 5.75 Å². The van der Waals surface area contributed by atoms with E-state index in [0.29, 0.717) is 12.0 Å². The topological polar surface area (TPSA) is 82.6 Å². The summed E-state index contributed by atoms with van der Waals surface area (Å²) in [6, 6.07) is 19.7. The highest BCUT2D eigenvalue weighted by Gasteiger charge is 2.43. The normalized spacial score (nSPS) is 15.7. The number of aliphatic hydroxyl groups excluding tert-OH is 1. The van der Waals surface area contributed by atoms with Crippen LogP contribution in [0.3, 0.4) is 0 Å². The second kappa shape index (κ2) is 9.70. The molecular weight excluding hydrogens is 459 g/mol. The zero-order valence-electron chi connectivity index (χ0n) is 19.7. The minimum Gasteiger partial charge on any atom is -0.503 e. The monoisotopic (exact) mass is 484 g/mol. The van der Waals surface area contributed by atoms with Gasteiger partial charge in [-0.1, -0.05) is 42.5 Å². The smallest absolute Gasteiger partial charge is 0.290 e. The van der Waals surface area contributed by atoms with E-state index in [-0.39, 0.29) is 24.3 Å². The molecule has 1 aromatic heterocycles. The van der Waals surface area contributed by atoms with Gasteiger partial charge in [0.2, 0.25) is 0 Å². The SMILES string of the molecule is COc1ccc2[nH]cc(CCN3C(=O)C(O)=C(C(=O)Cc4ccccc4)[C@H]3c3ccc(F)cc3)c2c1. The average Bonchev–Trinajstić information content (AvgIpc) is 3.41. The van der Waals surface area contributed by atoms with Crippen molar-refractivity contribution in [2.75, 3.05) is 13.7 Å². The third kappa shape index (κ3) is 4.35. The van der Waals surface area contributed by atoms with E-state index in [1.807, 2.05) is 54.7 Å². The standard InChI is InChI=1S/C29H25FN2O4/c1-36-22-11-12-24-23(16-22)20(17-31-24)13-14-32-27(19-7-9-21(30)10-8-19)26(28(34)29(32)35)25(33)15-18-5-3-2-4-6-18/h2-12,16-17,27,31,34H,13-15H2,1H3/t27-/m1/s1. The van der Waals surface area contributed by atoms with Crippen molar-refractivity contribution >= 4 is 22.6 Å². The molecule has 0 saturated heterocycles. The lowest BCUT2D eigenvalue weighted by Crippen LogP contribution is -2.33. The van der Waals surface area contributed by atoms with E-state index in [4.69, 9.17) is 4.74 Å². The van der Waals surface area contributed by atoms with Crippen LogP contribution in [0.5, 0.6) is 5.75 Å². The van der Waals surface area contributed by atoms with Gasteiger partial charge in [0.15, 0.2) is 11.5 Å². The van der Waals surface area contributed by atoms with E-state index in [2.05, 4.69) is 4.98 Å². The molecule has 182 valence electrons. The summed E-state index contributed by atoms with van der Waals surface area (Å²) in [5, 5.41) is 11.8. The summed E-state index contributed by atoms with van der Waals surface area (Å²) in [5.74, 6) is -1.21. The van der Waals surface area contributed by atoms with Gasteiger partial charge in [-0.05, 0) is 53.4 Å². The number of fused-ring (bicyclic) bond motifs is 1. The number of Topliss-reactive ketones (excluding diaryl/α,β-unsaturated/α-hetero) is 1. The predicted molar refractivity (Wildman–Crippen MR) is 134 cm³/mol. The molecule has 4 aromatic rings. The first kappa shape index (κ1) is 23.4. The van der Waals surface area contributed by atoms with Gasteiger partial charge in [0.1, 0.15) is 11.6 Å². The number of ketones is 1. The number of H-pyrrole nitrogens is 1. The molecule has 0 radical (unpaired) electrons.